The molecule has 0 saturated heterocycles. The Balaban J connectivity index is 2.01. The molecule has 0 bridgehead atoms. The Morgan fingerprint density at radius 3 is 2.56 bits per heavy atom. The Kier molecular flexibility index (Phi) is 4.20. The zero-order chi connectivity index (χ0) is 18.4. The summed E-state index contributed by atoms with van der Waals surface area (Å²) in [7, 11) is 1.05. The first kappa shape index (κ1) is 17.3. The number of hydrogen-bond acceptors (Lipinski definition) is 3. The molecule has 0 N–H and O–H groups in total. The minimum atomic E-state index is -4.95. The van der Waals surface area contributed by atoms with Gasteiger partial charge in [0.25, 0.3) is 0 Å². The fourth-order valence-electron chi connectivity index (χ4n) is 2.34. The number of rotatable bonds is 2. The SMILES string of the molecule is Cc1ccc(-c2nc3cc(N(C)C(=O)C(F)(F)F)ccc3o2)c(Cl)c1. The van der Waals surface area contributed by atoms with Crippen LogP contribution in [-0.2, 0) is 4.79 Å². The molecule has 0 spiro atoms. The Morgan fingerprint density at radius 2 is 1.92 bits per heavy atom. The van der Waals surface area contributed by atoms with E-state index in [4.69, 9.17) is 16.0 Å². The van der Waals surface area contributed by atoms with Crippen LogP contribution in [0.4, 0.5) is 18.9 Å². The van der Waals surface area contributed by atoms with E-state index in [1.807, 2.05) is 13.0 Å². The van der Waals surface area contributed by atoms with E-state index in [0.29, 0.717) is 26.6 Å². The highest BCUT2D eigenvalue weighted by atomic mass is 35.5. The van der Waals surface area contributed by atoms with Crippen molar-refractivity contribution in [2.75, 3.05) is 11.9 Å². The van der Waals surface area contributed by atoms with E-state index in [-0.39, 0.29) is 11.6 Å². The molecule has 0 radical (unpaired) electrons. The van der Waals surface area contributed by atoms with Crippen LogP contribution in [0.1, 0.15) is 5.56 Å². The molecule has 0 aliphatic carbocycles. The Hall–Kier alpha value is -2.54. The van der Waals surface area contributed by atoms with Crippen LogP contribution in [0, 0.1) is 6.92 Å². The molecule has 3 rings (SSSR count). The van der Waals surface area contributed by atoms with E-state index in [9.17, 15) is 18.0 Å². The maximum absolute atomic E-state index is 12.6. The quantitative estimate of drug-likeness (QED) is 0.640. The van der Waals surface area contributed by atoms with Crippen molar-refractivity contribution in [3.63, 3.8) is 0 Å². The van der Waals surface area contributed by atoms with Gasteiger partial charge in [0, 0.05) is 12.7 Å². The van der Waals surface area contributed by atoms with E-state index in [2.05, 4.69) is 4.98 Å². The van der Waals surface area contributed by atoms with Gasteiger partial charge in [0.05, 0.1) is 10.6 Å². The molecule has 4 nitrogen and oxygen atoms in total. The third-order valence-corrected chi connectivity index (χ3v) is 3.97. The van der Waals surface area contributed by atoms with Gasteiger partial charge in [-0.2, -0.15) is 13.2 Å². The van der Waals surface area contributed by atoms with Gasteiger partial charge in [0.15, 0.2) is 5.58 Å². The third-order valence-electron chi connectivity index (χ3n) is 3.66. The highest BCUT2D eigenvalue weighted by molar-refractivity contribution is 6.33. The molecule has 0 atom stereocenters. The van der Waals surface area contributed by atoms with Crippen molar-refractivity contribution in [1.82, 2.24) is 4.98 Å². The van der Waals surface area contributed by atoms with Crippen LogP contribution in [0.2, 0.25) is 5.02 Å². The van der Waals surface area contributed by atoms with Crippen LogP contribution in [-0.4, -0.2) is 24.1 Å². The predicted molar refractivity (Wildman–Crippen MR) is 88.7 cm³/mol. The Morgan fingerprint density at radius 1 is 1.20 bits per heavy atom. The molecule has 1 amide bonds. The lowest BCUT2D eigenvalue weighted by Crippen LogP contribution is -2.38. The van der Waals surface area contributed by atoms with Crippen LogP contribution in [0.25, 0.3) is 22.6 Å². The molecule has 0 unspecified atom stereocenters. The smallest absolute Gasteiger partial charge is 0.436 e. The van der Waals surface area contributed by atoms with Crippen LogP contribution in [0.15, 0.2) is 40.8 Å². The number of aromatic nitrogens is 1. The standard InChI is InChI=1S/C17H12ClF3N2O2/c1-9-3-5-11(12(18)7-9)15-22-13-8-10(4-6-14(13)25-15)23(2)16(24)17(19,20)21/h3-8H,1-2H3. The Bertz CT molecular complexity index is 966. The molecule has 0 saturated carbocycles. The summed E-state index contributed by atoms with van der Waals surface area (Å²) < 4.78 is 43.3. The van der Waals surface area contributed by atoms with Gasteiger partial charge >= 0.3 is 12.1 Å². The van der Waals surface area contributed by atoms with Gasteiger partial charge < -0.3 is 9.32 Å². The van der Waals surface area contributed by atoms with Gasteiger partial charge in [-0.05, 0) is 42.8 Å². The molecule has 2 aromatic carbocycles. The molecule has 8 heteroatoms. The van der Waals surface area contributed by atoms with E-state index >= 15 is 0 Å². The number of hydrogen-bond donors (Lipinski definition) is 0. The number of alkyl halides is 3. The van der Waals surface area contributed by atoms with Crippen molar-refractivity contribution >= 4 is 34.3 Å². The topological polar surface area (TPSA) is 46.3 Å². The fraction of sp³-hybridized carbons (Fsp3) is 0.176. The number of carbonyl (C=O) groups excluding carboxylic acids is 1. The minimum absolute atomic E-state index is 0.0599. The molecule has 3 aromatic rings. The van der Waals surface area contributed by atoms with Gasteiger partial charge in [0.2, 0.25) is 5.89 Å². The molecular formula is C17H12ClF3N2O2. The van der Waals surface area contributed by atoms with Gasteiger partial charge in [0.1, 0.15) is 5.52 Å². The predicted octanol–water partition coefficient (Wildman–Crippen LogP) is 4.98. The van der Waals surface area contributed by atoms with Gasteiger partial charge in [-0.15, -0.1) is 0 Å². The number of nitrogens with zero attached hydrogens (tertiary/aromatic N) is 2. The molecule has 0 fully saturated rings. The highest BCUT2D eigenvalue weighted by Gasteiger charge is 2.41. The number of anilines is 1. The number of amides is 1. The summed E-state index contributed by atoms with van der Waals surface area (Å²) in [5, 5.41) is 0.455. The van der Waals surface area contributed by atoms with Crippen molar-refractivity contribution in [3.05, 3.63) is 47.0 Å². The number of carbonyl (C=O) groups is 1. The summed E-state index contributed by atoms with van der Waals surface area (Å²) in [5.41, 5.74) is 2.31. The molecular weight excluding hydrogens is 357 g/mol. The van der Waals surface area contributed by atoms with Crippen molar-refractivity contribution in [1.29, 1.82) is 0 Å². The summed E-state index contributed by atoms with van der Waals surface area (Å²) in [5.74, 6) is -1.71. The Labute approximate surface area is 145 Å². The normalized spacial score (nSPS) is 11.8. The highest BCUT2D eigenvalue weighted by Crippen LogP contribution is 2.32. The minimum Gasteiger partial charge on any atom is -0.436 e. The number of halogens is 4. The average Bonchev–Trinajstić information content (AvgIpc) is 2.95. The van der Waals surface area contributed by atoms with Crippen molar-refractivity contribution in [2.45, 2.75) is 13.1 Å². The zero-order valence-corrected chi connectivity index (χ0v) is 13.9. The van der Waals surface area contributed by atoms with Crippen LogP contribution >= 0.6 is 11.6 Å². The maximum atomic E-state index is 12.6. The molecule has 130 valence electrons. The number of benzene rings is 2. The lowest BCUT2D eigenvalue weighted by atomic mass is 10.1. The fourth-order valence-corrected chi connectivity index (χ4v) is 2.66. The number of fused-ring (bicyclic) bond motifs is 1. The molecule has 25 heavy (non-hydrogen) atoms. The summed E-state index contributed by atoms with van der Waals surface area (Å²) in [6.07, 6.45) is -4.95. The van der Waals surface area contributed by atoms with Crippen molar-refractivity contribution in [2.24, 2.45) is 0 Å². The monoisotopic (exact) mass is 368 g/mol. The zero-order valence-electron chi connectivity index (χ0n) is 13.2. The summed E-state index contributed by atoms with van der Waals surface area (Å²) in [6, 6.07) is 9.53. The van der Waals surface area contributed by atoms with Gasteiger partial charge in [-0.1, -0.05) is 17.7 Å². The van der Waals surface area contributed by atoms with Gasteiger partial charge in [-0.25, -0.2) is 4.98 Å². The lowest BCUT2D eigenvalue weighted by Gasteiger charge is -2.18. The van der Waals surface area contributed by atoms with Crippen LogP contribution in [0.5, 0.6) is 0 Å². The first-order valence-electron chi connectivity index (χ1n) is 7.19. The first-order chi connectivity index (χ1) is 11.7. The maximum Gasteiger partial charge on any atom is 0.471 e. The van der Waals surface area contributed by atoms with Crippen LogP contribution in [0.3, 0.4) is 0 Å². The average molecular weight is 369 g/mol. The summed E-state index contributed by atoms with van der Waals surface area (Å²) in [6.45, 7) is 1.89. The molecule has 1 aromatic heterocycles. The molecule has 0 aliphatic heterocycles. The number of oxazole rings is 1. The second kappa shape index (κ2) is 6.07. The second-order valence-corrected chi connectivity index (χ2v) is 5.92. The van der Waals surface area contributed by atoms with Crippen molar-refractivity contribution in [3.8, 4) is 11.5 Å². The van der Waals surface area contributed by atoms with Crippen molar-refractivity contribution < 1.29 is 22.4 Å². The van der Waals surface area contributed by atoms with E-state index in [0.717, 1.165) is 12.6 Å². The van der Waals surface area contributed by atoms with Gasteiger partial charge in [-0.3, -0.25) is 4.79 Å². The van der Waals surface area contributed by atoms with E-state index in [1.54, 1.807) is 12.1 Å². The summed E-state index contributed by atoms with van der Waals surface area (Å²) >= 11 is 6.19. The lowest BCUT2D eigenvalue weighted by molar-refractivity contribution is -0.170. The van der Waals surface area contributed by atoms with E-state index < -0.39 is 12.1 Å². The number of aryl methyl sites for hydroxylation is 1. The van der Waals surface area contributed by atoms with E-state index in [1.165, 1.54) is 18.2 Å². The molecule has 0 aliphatic rings. The second-order valence-electron chi connectivity index (χ2n) is 5.52. The molecule has 1 heterocycles. The summed E-state index contributed by atoms with van der Waals surface area (Å²) in [4.78, 5) is 16.1. The first-order valence-corrected chi connectivity index (χ1v) is 7.56. The third kappa shape index (κ3) is 3.32. The largest absolute Gasteiger partial charge is 0.471 e. The van der Waals surface area contributed by atoms with Crippen LogP contribution < -0.4 is 4.90 Å².